The van der Waals surface area contributed by atoms with Gasteiger partial charge in [-0.15, -0.1) is 0 Å². The van der Waals surface area contributed by atoms with Gasteiger partial charge in [0.15, 0.2) is 21.6 Å². The maximum absolute atomic E-state index is 12.1. The lowest BCUT2D eigenvalue weighted by atomic mass is 9.87. The van der Waals surface area contributed by atoms with Crippen molar-refractivity contribution < 1.29 is 8.42 Å². The molecular formula is C22H30N4O2S. The van der Waals surface area contributed by atoms with Crippen LogP contribution in [0.4, 0.5) is 11.4 Å². The molecule has 7 heteroatoms. The predicted octanol–water partition coefficient (Wildman–Crippen LogP) is 6.48. The van der Waals surface area contributed by atoms with Gasteiger partial charge in [-0.05, 0) is 46.2 Å². The van der Waals surface area contributed by atoms with E-state index in [4.69, 9.17) is 0 Å². The van der Waals surface area contributed by atoms with Crippen LogP contribution in [0.2, 0.25) is 0 Å². The summed E-state index contributed by atoms with van der Waals surface area (Å²) in [6, 6.07) is 15.2. The fourth-order valence-electron chi connectivity index (χ4n) is 2.49. The molecule has 2 aromatic rings. The number of rotatable bonds is 6. The van der Waals surface area contributed by atoms with Crippen LogP contribution < -0.4 is 0 Å². The Kier molecular flexibility index (Phi) is 7.06. The van der Waals surface area contributed by atoms with Gasteiger partial charge in [0.25, 0.3) is 0 Å². The highest BCUT2D eigenvalue weighted by Crippen LogP contribution is 2.25. The zero-order valence-electron chi connectivity index (χ0n) is 18.0. The molecule has 0 saturated heterocycles. The third-order valence-electron chi connectivity index (χ3n) is 4.35. The van der Waals surface area contributed by atoms with Crippen molar-refractivity contribution in [2.75, 3.05) is 11.8 Å². The van der Waals surface area contributed by atoms with Crippen molar-refractivity contribution >= 4 is 21.2 Å². The summed E-state index contributed by atoms with van der Waals surface area (Å²) >= 11 is 0. The van der Waals surface area contributed by atoms with Crippen LogP contribution in [0.1, 0.15) is 52.7 Å². The molecule has 0 bridgehead atoms. The zero-order chi connectivity index (χ0) is 21.7. The lowest BCUT2D eigenvalue weighted by Gasteiger charge is -2.18. The molecular weight excluding hydrogens is 384 g/mol. The van der Waals surface area contributed by atoms with Crippen LogP contribution in [-0.4, -0.2) is 20.2 Å². The fourth-order valence-corrected chi connectivity index (χ4v) is 3.04. The first-order valence-corrected chi connectivity index (χ1v) is 11.4. The van der Waals surface area contributed by atoms with Gasteiger partial charge in [0.2, 0.25) is 0 Å². The summed E-state index contributed by atoms with van der Waals surface area (Å²) < 4.78 is 24.1. The van der Waals surface area contributed by atoms with Crippen LogP contribution in [0, 0.1) is 0 Å². The van der Waals surface area contributed by atoms with Crippen LogP contribution in [0.3, 0.4) is 0 Å². The van der Waals surface area contributed by atoms with Gasteiger partial charge in [-0.2, -0.15) is 20.5 Å². The summed E-state index contributed by atoms with van der Waals surface area (Å²) in [5.41, 5.74) is 3.70. The summed E-state index contributed by atoms with van der Waals surface area (Å²) in [6.45, 7) is 12.8. The van der Waals surface area contributed by atoms with Gasteiger partial charge < -0.3 is 0 Å². The van der Waals surface area contributed by atoms with E-state index < -0.39 is 21.6 Å². The van der Waals surface area contributed by atoms with Crippen LogP contribution in [0.15, 0.2) is 69.0 Å². The van der Waals surface area contributed by atoms with E-state index in [2.05, 4.69) is 62.0 Å². The molecule has 0 aliphatic heterocycles. The normalized spacial score (nSPS) is 13.4. The number of nitrogens with zero attached hydrogens (tertiary/aromatic N) is 4. The summed E-state index contributed by atoms with van der Waals surface area (Å²) in [7, 11) is -3.51. The minimum atomic E-state index is -3.51. The molecule has 0 aliphatic carbocycles. The largest absolute Gasteiger partial charge is 0.225 e. The molecule has 156 valence electrons. The van der Waals surface area contributed by atoms with Gasteiger partial charge in [0.05, 0.1) is 11.4 Å². The Morgan fingerprint density at radius 3 is 1.21 bits per heavy atom. The van der Waals surface area contributed by atoms with Gasteiger partial charge in [-0.3, -0.25) is 0 Å². The van der Waals surface area contributed by atoms with Crippen molar-refractivity contribution in [3.8, 4) is 0 Å². The molecule has 0 N–H and O–H groups in total. The zero-order valence-corrected chi connectivity index (χ0v) is 18.9. The minimum Gasteiger partial charge on any atom is -0.225 e. The first kappa shape index (κ1) is 22.9. The van der Waals surface area contributed by atoms with E-state index in [0.717, 1.165) is 0 Å². The SMILES string of the molecule is CC(C)(C)c1ccc(N=NCS(=O)(=O)CN=Nc2ccc(C(C)(C)C)cc2)cc1. The highest BCUT2D eigenvalue weighted by Gasteiger charge is 2.14. The molecule has 0 aliphatic rings. The maximum atomic E-state index is 12.1. The quantitative estimate of drug-likeness (QED) is 0.507. The molecule has 6 nitrogen and oxygen atoms in total. The van der Waals surface area contributed by atoms with Gasteiger partial charge in [-0.25, -0.2) is 8.42 Å². The first-order chi connectivity index (χ1) is 13.4. The highest BCUT2D eigenvalue weighted by atomic mass is 32.2. The van der Waals surface area contributed by atoms with E-state index >= 15 is 0 Å². The van der Waals surface area contributed by atoms with E-state index in [-0.39, 0.29) is 10.8 Å². The molecule has 0 saturated carbocycles. The predicted molar refractivity (Wildman–Crippen MR) is 118 cm³/mol. The number of benzene rings is 2. The first-order valence-electron chi connectivity index (χ1n) is 9.53. The summed E-state index contributed by atoms with van der Waals surface area (Å²) in [5.74, 6) is -0.841. The molecule has 2 rings (SSSR count). The number of hydrogen-bond donors (Lipinski definition) is 0. The van der Waals surface area contributed by atoms with Gasteiger partial charge >= 0.3 is 0 Å². The molecule has 29 heavy (non-hydrogen) atoms. The maximum Gasteiger partial charge on any atom is 0.194 e. The molecule has 0 spiro atoms. The summed E-state index contributed by atoms with van der Waals surface area (Å²) in [6.07, 6.45) is 0. The molecule has 0 radical (unpaired) electrons. The molecule has 0 fully saturated rings. The Morgan fingerprint density at radius 1 is 0.621 bits per heavy atom. The van der Waals surface area contributed by atoms with Crippen molar-refractivity contribution in [2.24, 2.45) is 20.5 Å². The number of azo groups is 2. The van der Waals surface area contributed by atoms with Crippen LogP contribution >= 0.6 is 0 Å². The third kappa shape index (κ3) is 7.49. The molecule has 0 aromatic heterocycles. The Morgan fingerprint density at radius 2 is 0.931 bits per heavy atom. The topological polar surface area (TPSA) is 83.6 Å². The Hall–Kier alpha value is -2.41. The molecule has 0 amide bonds. The van der Waals surface area contributed by atoms with Crippen molar-refractivity contribution in [1.29, 1.82) is 0 Å². The van der Waals surface area contributed by atoms with E-state index in [9.17, 15) is 8.42 Å². The lowest BCUT2D eigenvalue weighted by Crippen LogP contribution is -2.10. The Bertz CT molecular complexity index is 888. The van der Waals surface area contributed by atoms with E-state index in [1.54, 1.807) is 0 Å². The smallest absolute Gasteiger partial charge is 0.194 e. The van der Waals surface area contributed by atoms with Crippen LogP contribution in [0.25, 0.3) is 0 Å². The average molecular weight is 415 g/mol. The summed E-state index contributed by atoms with van der Waals surface area (Å²) in [5, 5.41) is 15.6. The van der Waals surface area contributed by atoms with Crippen molar-refractivity contribution in [3.63, 3.8) is 0 Å². The highest BCUT2D eigenvalue weighted by molar-refractivity contribution is 7.91. The molecule has 0 atom stereocenters. The molecule has 0 unspecified atom stereocenters. The van der Waals surface area contributed by atoms with Crippen molar-refractivity contribution in [1.82, 2.24) is 0 Å². The fraction of sp³-hybridized carbons (Fsp3) is 0.455. The van der Waals surface area contributed by atoms with Crippen LogP contribution in [0.5, 0.6) is 0 Å². The van der Waals surface area contributed by atoms with E-state index in [1.165, 1.54) is 11.1 Å². The minimum absolute atomic E-state index is 0.0527. The second-order valence-electron chi connectivity index (χ2n) is 9.08. The Labute approximate surface area is 174 Å². The second-order valence-corrected chi connectivity index (χ2v) is 11.1. The monoisotopic (exact) mass is 414 g/mol. The Balaban J connectivity index is 1.91. The van der Waals surface area contributed by atoms with Gasteiger partial charge in [0.1, 0.15) is 0 Å². The van der Waals surface area contributed by atoms with Crippen LogP contribution in [-0.2, 0) is 20.7 Å². The molecule has 2 aromatic carbocycles. The number of sulfone groups is 1. The van der Waals surface area contributed by atoms with Crippen molar-refractivity contribution in [2.45, 2.75) is 52.4 Å². The van der Waals surface area contributed by atoms with E-state index in [0.29, 0.717) is 11.4 Å². The van der Waals surface area contributed by atoms with Gasteiger partial charge in [-0.1, -0.05) is 65.8 Å². The second kappa shape index (κ2) is 8.95. The lowest BCUT2D eigenvalue weighted by molar-refractivity contribution is 0.590. The van der Waals surface area contributed by atoms with Crippen molar-refractivity contribution in [3.05, 3.63) is 59.7 Å². The standard InChI is InChI=1S/C22H30N4O2S/c1-21(2,3)17-7-11-19(12-8-17)25-23-15-29(27,28)16-24-26-20-13-9-18(10-14-20)22(4,5)6/h7-14H,15-16H2,1-6H3. The number of hydrogen-bond acceptors (Lipinski definition) is 6. The average Bonchev–Trinajstić information content (AvgIpc) is 2.61. The van der Waals surface area contributed by atoms with E-state index in [1.807, 2.05) is 48.5 Å². The third-order valence-corrected chi connectivity index (χ3v) is 5.37. The van der Waals surface area contributed by atoms with Gasteiger partial charge in [0, 0.05) is 0 Å². The molecule has 0 heterocycles. The summed E-state index contributed by atoms with van der Waals surface area (Å²) in [4.78, 5) is 0.